The minimum Gasteiger partial charge on any atom is -0.339 e. The van der Waals surface area contributed by atoms with E-state index in [0.29, 0.717) is 13.1 Å². The Kier molecular flexibility index (Phi) is 4.04. The first-order chi connectivity index (χ1) is 8.54. The van der Waals surface area contributed by atoms with Crippen molar-refractivity contribution in [3.05, 3.63) is 12.5 Å². The van der Waals surface area contributed by atoms with Crippen molar-refractivity contribution in [3.8, 4) is 0 Å². The van der Waals surface area contributed by atoms with Crippen molar-refractivity contribution in [2.24, 2.45) is 7.05 Å². The smallest absolute Gasteiger partial charge is 0.262 e. The maximum absolute atomic E-state index is 12.4. The second kappa shape index (κ2) is 5.38. The Hall–Kier alpha value is -0.920. The summed E-state index contributed by atoms with van der Waals surface area (Å²) in [4.78, 5) is 3.95. The van der Waals surface area contributed by atoms with Gasteiger partial charge >= 0.3 is 0 Å². The highest BCUT2D eigenvalue weighted by Crippen LogP contribution is 2.19. The van der Waals surface area contributed by atoms with Crippen LogP contribution in [0.15, 0.2) is 17.6 Å². The van der Waals surface area contributed by atoms with Crippen molar-refractivity contribution in [2.45, 2.75) is 30.8 Å². The van der Waals surface area contributed by atoms with Crippen LogP contribution in [0.5, 0.6) is 0 Å². The molecule has 0 spiro atoms. The van der Waals surface area contributed by atoms with Crippen LogP contribution in [0.2, 0.25) is 0 Å². The van der Waals surface area contributed by atoms with Gasteiger partial charge in [-0.15, -0.1) is 0 Å². The van der Waals surface area contributed by atoms with E-state index in [0.717, 1.165) is 19.4 Å². The van der Waals surface area contributed by atoms with E-state index in [1.165, 1.54) is 10.6 Å². The standard InChI is InChI=1S/C11H20N4O2S/c1-3-12-10-5-4-6-15(7-10)18(16,17)11-8-14(2)9-13-11/h8-10,12H,3-7H2,1-2H3. The van der Waals surface area contributed by atoms with E-state index in [9.17, 15) is 8.42 Å². The third-order valence-electron chi connectivity index (χ3n) is 3.16. The first kappa shape index (κ1) is 13.5. The van der Waals surface area contributed by atoms with Gasteiger partial charge in [-0.25, -0.2) is 13.4 Å². The van der Waals surface area contributed by atoms with Gasteiger partial charge in [0.05, 0.1) is 6.33 Å². The van der Waals surface area contributed by atoms with Gasteiger partial charge in [-0.1, -0.05) is 6.92 Å². The number of hydrogen-bond acceptors (Lipinski definition) is 4. The number of imidazole rings is 1. The van der Waals surface area contributed by atoms with Gasteiger partial charge in [0.15, 0.2) is 5.03 Å². The normalized spacial score (nSPS) is 22.2. The Bertz CT molecular complexity index is 495. The number of piperidine rings is 1. The third-order valence-corrected chi connectivity index (χ3v) is 4.91. The van der Waals surface area contributed by atoms with Crippen molar-refractivity contribution >= 4 is 10.0 Å². The maximum Gasteiger partial charge on any atom is 0.262 e. The molecule has 1 aliphatic rings. The molecule has 1 aromatic heterocycles. The van der Waals surface area contributed by atoms with Crippen LogP contribution in [-0.2, 0) is 17.1 Å². The fourth-order valence-corrected chi connectivity index (χ4v) is 3.76. The Morgan fingerprint density at radius 1 is 1.56 bits per heavy atom. The van der Waals surface area contributed by atoms with E-state index in [2.05, 4.69) is 10.3 Å². The lowest BCUT2D eigenvalue weighted by molar-refractivity contribution is 0.285. The fourth-order valence-electron chi connectivity index (χ4n) is 2.27. The van der Waals surface area contributed by atoms with Crippen molar-refractivity contribution in [1.29, 1.82) is 0 Å². The Morgan fingerprint density at radius 2 is 2.33 bits per heavy atom. The number of likely N-dealkylation sites (N-methyl/N-ethyl adjacent to an activating group) is 1. The van der Waals surface area contributed by atoms with E-state index in [4.69, 9.17) is 0 Å². The van der Waals surface area contributed by atoms with E-state index in [1.807, 2.05) is 6.92 Å². The van der Waals surface area contributed by atoms with Crippen molar-refractivity contribution in [1.82, 2.24) is 19.2 Å². The average molecular weight is 272 g/mol. The molecule has 0 bridgehead atoms. The number of rotatable bonds is 4. The van der Waals surface area contributed by atoms with Gasteiger partial charge in [0.1, 0.15) is 0 Å². The summed E-state index contributed by atoms with van der Waals surface area (Å²) in [7, 11) is -1.66. The summed E-state index contributed by atoms with van der Waals surface area (Å²) < 4.78 is 27.9. The van der Waals surface area contributed by atoms with Gasteiger partial charge in [-0.2, -0.15) is 4.31 Å². The Balaban J connectivity index is 2.15. The van der Waals surface area contributed by atoms with Crippen LogP contribution >= 0.6 is 0 Å². The molecule has 1 fully saturated rings. The molecule has 0 aliphatic carbocycles. The van der Waals surface area contributed by atoms with Gasteiger partial charge in [0, 0.05) is 32.4 Å². The molecular formula is C11H20N4O2S. The Labute approximate surface area is 108 Å². The summed E-state index contributed by atoms with van der Waals surface area (Å²) in [6.45, 7) is 4.02. The molecule has 1 unspecified atom stereocenters. The summed E-state index contributed by atoms with van der Waals surface area (Å²) in [5.41, 5.74) is 0. The minimum absolute atomic E-state index is 0.141. The predicted octanol–water partition coefficient (Wildman–Crippen LogP) is 0.183. The van der Waals surface area contributed by atoms with E-state index in [-0.39, 0.29) is 11.1 Å². The summed E-state index contributed by atoms with van der Waals surface area (Å²) in [5, 5.41) is 3.45. The van der Waals surface area contributed by atoms with Crippen LogP contribution < -0.4 is 5.32 Å². The second-order valence-electron chi connectivity index (χ2n) is 4.64. The lowest BCUT2D eigenvalue weighted by atomic mass is 10.1. The van der Waals surface area contributed by atoms with Crippen LogP contribution in [0.3, 0.4) is 0 Å². The third kappa shape index (κ3) is 2.73. The van der Waals surface area contributed by atoms with Crippen molar-refractivity contribution in [2.75, 3.05) is 19.6 Å². The highest BCUT2D eigenvalue weighted by molar-refractivity contribution is 7.89. The summed E-state index contributed by atoms with van der Waals surface area (Å²) in [6.07, 6.45) is 4.98. The number of aromatic nitrogens is 2. The molecular weight excluding hydrogens is 252 g/mol. The molecule has 6 nitrogen and oxygen atoms in total. The second-order valence-corrected chi connectivity index (χ2v) is 6.52. The van der Waals surface area contributed by atoms with E-state index >= 15 is 0 Å². The zero-order chi connectivity index (χ0) is 13.2. The Morgan fingerprint density at radius 3 is 2.94 bits per heavy atom. The SMILES string of the molecule is CCNC1CCCN(S(=O)(=O)c2cn(C)cn2)C1. The van der Waals surface area contributed by atoms with Crippen molar-refractivity contribution < 1.29 is 8.42 Å². The summed E-state index contributed by atoms with van der Waals surface area (Å²) in [6, 6.07) is 0.252. The molecule has 1 aliphatic heterocycles. The molecule has 1 N–H and O–H groups in total. The molecule has 0 amide bonds. The van der Waals surface area contributed by atoms with E-state index in [1.54, 1.807) is 17.8 Å². The first-order valence-electron chi connectivity index (χ1n) is 6.25. The number of nitrogens with one attached hydrogen (secondary N) is 1. The minimum atomic E-state index is -3.43. The predicted molar refractivity (Wildman–Crippen MR) is 68.7 cm³/mol. The zero-order valence-corrected chi connectivity index (χ0v) is 11.7. The summed E-state index contributed by atoms with van der Waals surface area (Å²) >= 11 is 0. The van der Waals surface area contributed by atoms with Gasteiger partial charge in [0.25, 0.3) is 10.0 Å². The molecule has 7 heteroatoms. The largest absolute Gasteiger partial charge is 0.339 e. The molecule has 1 aromatic rings. The lowest BCUT2D eigenvalue weighted by Crippen LogP contribution is -2.47. The zero-order valence-electron chi connectivity index (χ0n) is 10.8. The average Bonchev–Trinajstić information content (AvgIpc) is 2.77. The van der Waals surface area contributed by atoms with Crippen LogP contribution in [0.4, 0.5) is 0 Å². The molecule has 2 heterocycles. The lowest BCUT2D eigenvalue weighted by Gasteiger charge is -2.31. The van der Waals surface area contributed by atoms with Crippen LogP contribution in [0.25, 0.3) is 0 Å². The molecule has 0 aromatic carbocycles. The quantitative estimate of drug-likeness (QED) is 0.849. The highest BCUT2D eigenvalue weighted by Gasteiger charge is 2.31. The molecule has 18 heavy (non-hydrogen) atoms. The topological polar surface area (TPSA) is 67.2 Å². The van der Waals surface area contributed by atoms with Crippen LogP contribution in [0, 0.1) is 0 Å². The molecule has 2 rings (SSSR count). The van der Waals surface area contributed by atoms with Crippen molar-refractivity contribution in [3.63, 3.8) is 0 Å². The molecule has 1 atom stereocenters. The molecule has 1 saturated heterocycles. The first-order valence-corrected chi connectivity index (χ1v) is 7.69. The number of sulfonamides is 1. The maximum atomic E-state index is 12.4. The molecule has 102 valence electrons. The highest BCUT2D eigenvalue weighted by atomic mass is 32.2. The number of nitrogens with zero attached hydrogens (tertiary/aromatic N) is 3. The molecule has 0 radical (unpaired) electrons. The van der Waals surface area contributed by atoms with Gasteiger partial charge in [-0.3, -0.25) is 0 Å². The van der Waals surface area contributed by atoms with Gasteiger partial charge in [-0.05, 0) is 19.4 Å². The molecule has 0 saturated carbocycles. The monoisotopic (exact) mass is 272 g/mol. The number of hydrogen-bond donors (Lipinski definition) is 1. The van der Waals surface area contributed by atoms with Gasteiger partial charge < -0.3 is 9.88 Å². The van der Waals surface area contributed by atoms with Crippen LogP contribution in [-0.4, -0.2) is 48.0 Å². The summed E-state index contributed by atoms with van der Waals surface area (Å²) in [5.74, 6) is 0. The fraction of sp³-hybridized carbons (Fsp3) is 0.727. The number of aryl methyl sites for hydroxylation is 1. The van der Waals surface area contributed by atoms with Gasteiger partial charge in [0.2, 0.25) is 0 Å². The van der Waals surface area contributed by atoms with E-state index < -0.39 is 10.0 Å². The van der Waals surface area contributed by atoms with Crippen LogP contribution in [0.1, 0.15) is 19.8 Å².